The maximum Gasteiger partial charge on any atom is 0.227 e. The van der Waals surface area contributed by atoms with Crippen molar-refractivity contribution in [3.05, 3.63) is 35.4 Å². The van der Waals surface area contributed by atoms with Crippen LogP contribution in [-0.4, -0.2) is 30.0 Å². The van der Waals surface area contributed by atoms with Crippen LogP contribution >= 0.6 is 0 Å². The Labute approximate surface area is 108 Å². The number of nitrogens with two attached hydrogens (primary N) is 1. The van der Waals surface area contributed by atoms with E-state index in [0.717, 1.165) is 24.9 Å². The van der Waals surface area contributed by atoms with E-state index in [-0.39, 0.29) is 11.9 Å². The van der Waals surface area contributed by atoms with Crippen molar-refractivity contribution in [3.63, 3.8) is 0 Å². The van der Waals surface area contributed by atoms with Crippen LogP contribution in [0.5, 0.6) is 0 Å². The van der Waals surface area contributed by atoms with Crippen molar-refractivity contribution in [1.82, 2.24) is 4.90 Å². The highest BCUT2D eigenvalue weighted by Crippen LogP contribution is 2.18. The van der Waals surface area contributed by atoms with Gasteiger partial charge in [-0.1, -0.05) is 29.8 Å². The van der Waals surface area contributed by atoms with Gasteiger partial charge in [-0.15, -0.1) is 0 Å². The molecule has 1 fully saturated rings. The molecule has 1 unspecified atom stereocenters. The van der Waals surface area contributed by atoms with E-state index in [2.05, 4.69) is 10.9 Å². The SMILES string of the molecule is Cc1cccc(CC(=O)N2CCCC2CON)c1. The largest absolute Gasteiger partial charge is 0.337 e. The number of nitrogens with zero attached hydrogens (tertiary/aromatic N) is 1. The van der Waals surface area contributed by atoms with Crippen LogP contribution in [0.4, 0.5) is 0 Å². The van der Waals surface area contributed by atoms with Crippen molar-refractivity contribution in [1.29, 1.82) is 0 Å². The molecule has 0 radical (unpaired) electrons. The number of carbonyl (C=O) groups excluding carboxylic acids is 1. The molecule has 1 aliphatic heterocycles. The van der Waals surface area contributed by atoms with Gasteiger partial charge in [0.2, 0.25) is 5.91 Å². The van der Waals surface area contributed by atoms with Gasteiger partial charge in [-0.2, -0.15) is 0 Å². The molecule has 18 heavy (non-hydrogen) atoms. The van der Waals surface area contributed by atoms with Crippen LogP contribution < -0.4 is 5.90 Å². The second-order valence-corrected chi connectivity index (χ2v) is 4.88. The Morgan fingerprint density at radius 1 is 1.56 bits per heavy atom. The highest BCUT2D eigenvalue weighted by atomic mass is 16.6. The van der Waals surface area contributed by atoms with E-state index in [0.29, 0.717) is 13.0 Å². The predicted molar refractivity (Wildman–Crippen MR) is 69.8 cm³/mol. The molecule has 1 amide bonds. The molecule has 4 heteroatoms. The minimum Gasteiger partial charge on any atom is -0.337 e. The Bertz CT molecular complexity index is 420. The summed E-state index contributed by atoms with van der Waals surface area (Å²) in [5.74, 6) is 5.27. The number of hydrogen-bond donors (Lipinski definition) is 1. The van der Waals surface area contributed by atoms with Crippen molar-refractivity contribution < 1.29 is 9.63 Å². The van der Waals surface area contributed by atoms with Crippen LogP contribution in [0.15, 0.2) is 24.3 Å². The summed E-state index contributed by atoms with van der Waals surface area (Å²) in [6.07, 6.45) is 2.48. The zero-order chi connectivity index (χ0) is 13.0. The second-order valence-electron chi connectivity index (χ2n) is 4.88. The summed E-state index contributed by atoms with van der Waals surface area (Å²) < 4.78 is 0. The van der Waals surface area contributed by atoms with Gasteiger partial charge >= 0.3 is 0 Å². The third-order valence-electron chi connectivity index (χ3n) is 3.42. The molecule has 0 spiro atoms. The molecular formula is C14H20N2O2. The van der Waals surface area contributed by atoms with Crippen LogP contribution in [-0.2, 0) is 16.1 Å². The zero-order valence-electron chi connectivity index (χ0n) is 10.8. The fourth-order valence-electron chi connectivity index (χ4n) is 2.55. The van der Waals surface area contributed by atoms with Gasteiger partial charge < -0.3 is 9.74 Å². The van der Waals surface area contributed by atoms with Gasteiger partial charge in [-0.25, -0.2) is 5.90 Å². The van der Waals surface area contributed by atoms with Crippen molar-refractivity contribution in [2.24, 2.45) is 5.90 Å². The summed E-state index contributed by atoms with van der Waals surface area (Å²) in [6.45, 7) is 3.28. The smallest absolute Gasteiger partial charge is 0.227 e. The van der Waals surface area contributed by atoms with E-state index in [9.17, 15) is 4.79 Å². The van der Waals surface area contributed by atoms with Crippen LogP contribution in [0.1, 0.15) is 24.0 Å². The zero-order valence-corrected chi connectivity index (χ0v) is 10.8. The average Bonchev–Trinajstić information content (AvgIpc) is 2.78. The molecule has 0 aliphatic carbocycles. The summed E-state index contributed by atoms with van der Waals surface area (Å²) in [4.78, 5) is 18.8. The lowest BCUT2D eigenvalue weighted by atomic mass is 10.1. The number of amides is 1. The fourth-order valence-corrected chi connectivity index (χ4v) is 2.55. The van der Waals surface area contributed by atoms with E-state index in [1.165, 1.54) is 5.56 Å². The van der Waals surface area contributed by atoms with E-state index in [1.807, 2.05) is 30.0 Å². The fraction of sp³-hybridized carbons (Fsp3) is 0.500. The molecule has 1 aromatic rings. The van der Waals surface area contributed by atoms with Gasteiger partial charge in [-0.05, 0) is 25.3 Å². The van der Waals surface area contributed by atoms with Crippen LogP contribution in [0.25, 0.3) is 0 Å². The molecule has 1 aromatic carbocycles. The van der Waals surface area contributed by atoms with Crippen molar-refractivity contribution in [2.75, 3.05) is 13.2 Å². The molecule has 1 atom stereocenters. The summed E-state index contributed by atoms with van der Waals surface area (Å²) in [5, 5.41) is 0. The van der Waals surface area contributed by atoms with Gasteiger partial charge in [-0.3, -0.25) is 4.79 Å². The highest BCUT2D eigenvalue weighted by molar-refractivity contribution is 5.79. The maximum atomic E-state index is 12.2. The van der Waals surface area contributed by atoms with Gasteiger partial charge in [0.25, 0.3) is 0 Å². The molecule has 0 aromatic heterocycles. The predicted octanol–water partition coefficient (Wildman–Crippen LogP) is 1.42. The van der Waals surface area contributed by atoms with E-state index in [1.54, 1.807) is 0 Å². The highest BCUT2D eigenvalue weighted by Gasteiger charge is 2.28. The Kier molecular flexibility index (Phi) is 4.33. The van der Waals surface area contributed by atoms with Crippen molar-refractivity contribution in [3.8, 4) is 0 Å². The monoisotopic (exact) mass is 248 g/mol. The lowest BCUT2D eigenvalue weighted by Gasteiger charge is -2.23. The first-order valence-electron chi connectivity index (χ1n) is 6.37. The third kappa shape index (κ3) is 3.09. The molecule has 4 nitrogen and oxygen atoms in total. The topological polar surface area (TPSA) is 55.6 Å². The third-order valence-corrected chi connectivity index (χ3v) is 3.42. The standard InChI is InChI=1S/C14H20N2O2/c1-11-4-2-5-12(8-11)9-14(17)16-7-3-6-13(16)10-18-15/h2,4-5,8,13H,3,6-7,9-10,15H2,1H3. The average molecular weight is 248 g/mol. The van der Waals surface area contributed by atoms with Crippen LogP contribution in [0, 0.1) is 6.92 Å². The van der Waals surface area contributed by atoms with Crippen LogP contribution in [0.2, 0.25) is 0 Å². The number of carbonyl (C=O) groups is 1. The second kappa shape index (κ2) is 5.98. The van der Waals surface area contributed by atoms with E-state index >= 15 is 0 Å². The summed E-state index contributed by atoms with van der Waals surface area (Å²) in [7, 11) is 0. The summed E-state index contributed by atoms with van der Waals surface area (Å²) in [5.41, 5.74) is 2.25. The number of likely N-dealkylation sites (tertiary alicyclic amines) is 1. The molecule has 1 heterocycles. The quantitative estimate of drug-likeness (QED) is 0.820. The molecule has 2 rings (SSSR count). The molecule has 1 saturated heterocycles. The molecule has 98 valence electrons. The number of hydrogen-bond acceptors (Lipinski definition) is 3. The lowest BCUT2D eigenvalue weighted by molar-refractivity contribution is -0.132. The summed E-state index contributed by atoms with van der Waals surface area (Å²) in [6, 6.07) is 8.22. The normalized spacial score (nSPS) is 19.2. The molecule has 2 N–H and O–H groups in total. The van der Waals surface area contributed by atoms with Crippen molar-refractivity contribution >= 4 is 5.91 Å². The lowest BCUT2D eigenvalue weighted by Crippen LogP contribution is -2.39. The van der Waals surface area contributed by atoms with E-state index in [4.69, 9.17) is 5.90 Å². The van der Waals surface area contributed by atoms with Crippen LogP contribution in [0.3, 0.4) is 0 Å². The molecule has 0 bridgehead atoms. The van der Waals surface area contributed by atoms with E-state index < -0.39 is 0 Å². The Hall–Kier alpha value is -1.39. The first kappa shape index (κ1) is 13.1. The number of benzene rings is 1. The summed E-state index contributed by atoms with van der Waals surface area (Å²) >= 11 is 0. The first-order chi connectivity index (χ1) is 8.70. The van der Waals surface area contributed by atoms with Gasteiger partial charge in [0.05, 0.1) is 19.1 Å². The van der Waals surface area contributed by atoms with Gasteiger partial charge in [0.15, 0.2) is 0 Å². The molecular weight excluding hydrogens is 228 g/mol. The maximum absolute atomic E-state index is 12.2. The minimum atomic E-state index is 0.146. The Morgan fingerprint density at radius 3 is 3.11 bits per heavy atom. The molecule has 0 saturated carbocycles. The number of aryl methyl sites for hydroxylation is 1. The number of rotatable bonds is 4. The van der Waals surface area contributed by atoms with Gasteiger partial charge in [0, 0.05) is 6.54 Å². The van der Waals surface area contributed by atoms with Gasteiger partial charge in [0.1, 0.15) is 0 Å². The van der Waals surface area contributed by atoms with Crippen molar-refractivity contribution in [2.45, 2.75) is 32.2 Å². The first-order valence-corrected chi connectivity index (χ1v) is 6.37. The minimum absolute atomic E-state index is 0.146. The molecule has 1 aliphatic rings. The Morgan fingerprint density at radius 2 is 2.39 bits per heavy atom. The Balaban J connectivity index is 1.99.